The largest absolute Gasteiger partial charge is 0.493 e. The Hall–Kier alpha value is -3.39. The van der Waals surface area contributed by atoms with Crippen LogP contribution in [0.1, 0.15) is 23.7 Å². The molecule has 0 atom stereocenters. The number of benzene rings is 2. The summed E-state index contributed by atoms with van der Waals surface area (Å²) < 4.78 is 1.90. The molecule has 4 rings (SSSR count). The zero-order valence-electron chi connectivity index (χ0n) is 16.1. The third-order valence-electron chi connectivity index (χ3n) is 4.87. The van der Waals surface area contributed by atoms with Crippen molar-refractivity contribution in [2.75, 3.05) is 5.32 Å². The molecule has 0 bridgehead atoms. The number of rotatable bonds is 5. The van der Waals surface area contributed by atoms with Crippen LogP contribution in [0.4, 0.5) is 11.4 Å². The number of carbonyl (C=O) groups excluding carboxylic acids is 1. The molecule has 1 aliphatic rings. The van der Waals surface area contributed by atoms with Crippen molar-refractivity contribution >= 4 is 51.1 Å². The summed E-state index contributed by atoms with van der Waals surface area (Å²) in [5, 5.41) is 13.3. The number of carbonyl (C=O) groups is 1. The Labute approximate surface area is 180 Å². The zero-order chi connectivity index (χ0) is 21.3. The molecule has 2 aromatic carbocycles. The molecule has 152 valence electrons. The number of aliphatic imine (C=N–C) groups is 1. The third-order valence-corrected chi connectivity index (χ3v) is 5.36. The second kappa shape index (κ2) is 8.16. The number of aromatic amines is 1. The number of aromatic nitrogens is 2. The van der Waals surface area contributed by atoms with Crippen molar-refractivity contribution in [3.8, 4) is 5.88 Å². The van der Waals surface area contributed by atoms with Crippen molar-refractivity contribution in [2.24, 2.45) is 4.99 Å². The van der Waals surface area contributed by atoms with Crippen LogP contribution in [-0.4, -0.2) is 26.8 Å². The molecule has 8 heteroatoms. The normalized spacial score (nSPS) is 13.6. The fourth-order valence-electron chi connectivity index (χ4n) is 3.34. The van der Waals surface area contributed by atoms with Gasteiger partial charge < -0.3 is 15.4 Å². The minimum Gasteiger partial charge on any atom is -0.493 e. The number of hydrogen-bond donors (Lipinski definition) is 3. The second-order valence-electron chi connectivity index (χ2n) is 6.83. The quantitative estimate of drug-likeness (QED) is 0.527. The predicted octanol–water partition coefficient (Wildman–Crippen LogP) is 4.10. The number of hydrogen-bond acceptors (Lipinski definition) is 4. The number of anilines is 1. The van der Waals surface area contributed by atoms with Gasteiger partial charge >= 0.3 is 5.69 Å². The highest BCUT2D eigenvalue weighted by Crippen LogP contribution is 2.35. The standard InChI is InChI=1S/C22H19BrN4O3/c1-2-13-5-3-4-6-17(13)25-20(28)12-27-21(29)19(26-22(27)30)9-14-11-24-18-8-7-15(23)10-16(14)18/h3-11,29H,2,12H2,1H3,(H,25,28)(H,26,30). The Balaban J connectivity index is 1.58. The van der Waals surface area contributed by atoms with Crippen LogP contribution in [0.2, 0.25) is 0 Å². The number of nitrogens with zero attached hydrogens (tertiary/aromatic N) is 2. The Morgan fingerprint density at radius 1 is 1.30 bits per heavy atom. The fraction of sp³-hybridized carbons (Fsp3) is 0.136. The molecule has 1 aromatic heterocycles. The number of amides is 1. The maximum atomic E-state index is 12.5. The molecule has 0 unspecified atom stereocenters. The van der Waals surface area contributed by atoms with E-state index in [2.05, 4.69) is 31.2 Å². The smallest absolute Gasteiger partial charge is 0.329 e. The van der Waals surface area contributed by atoms with Gasteiger partial charge in [0.2, 0.25) is 11.8 Å². The molecule has 30 heavy (non-hydrogen) atoms. The molecule has 3 N–H and O–H groups in total. The summed E-state index contributed by atoms with van der Waals surface area (Å²) in [7, 11) is 0. The van der Waals surface area contributed by atoms with Gasteiger partial charge in [0.25, 0.3) is 0 Å². The first-order valence-electron chi connectivity index (χ1n) is 9.41. The highest BCUT2D eigenvalue weighted by atomic mass is 79.9. The van der Waals surface area contributed by atoms with Crippen LogP contribution >= 0.6 is 15.9 Å². The summed E-state index contributed by atoms with van der Waals surface area (Å²) >= 11 is 3.43. The van der Waals surface area contributed by atoms with E-state index in [4.69, 9.17) is 0 Å². The summed E-state index contributed by atoms with van der Waals surface area (Å²) in [5.74, 6) is -0.702. The van der Waals surface area contributed by atoms with E-state index in [1.807, 2.05) is 43.3 Å². The minimum absolute atomic E-state index is 0.219. The molecule has 3 aromatic rings. The van der Waals surface area contributed by atoms with E-state index in [-0.39, 0.29) is 18.1 Å². The first kappa shape index (κ1) is 19.9. The minimum atomic E-state index is -0.567. The fourth-order valence-corrected chi connectivity index (χ4v) is 3.70. The summed E-state index contributed by atoms with van der Waals surface area (Å²) in [6, 6.07) is 13.2. The maximum Gasteiger partial charge on any atom is 0.329 e. The zero-order valence-corrected chi connectivity index (χ0v) is 17.7. The highest BCUT2D eigenvalue weighted by molar-refractivity contribution is 9.10. The number of aryl methyl sites for hydroxylation is 1. The van der Waals surface area contributed by atoms with Crippen LogP contribution < -0.4 is 11.0 Å². The lowest BCUT2D eigenvalue weighted by Gasteiger charge is -2.10. The number of halogens is 1. The molecule has 0 saturated carbocycles. The van der Waals surface area contributed by atoms with Crippen LogP contribution in [0.3, 0.4) is 0 Å². The van der Waals surface area contributed by atoms with Crippen LogP contribution in [0.5, 0.6) is 5.88 Å². The van der Waals surface area contributed by atoms with Crippen molar-refractivity contribution in [1.29, 1.82) is 0 Å². The SMILES string of the molecule is CCc1ccccc1NC(=O)Cn1c(O)c(C=C2C=Nc3ccc(Br)cc32)[nH]c1=O. The Morgan fingerprint density at radius 3 is 2.90 bits per heavy atom. The third kappa shape index (κ3) is 3.86. The molecule has 0 radical (unpaired) electrons. The van der Waals surface area contributed by atoms with Gasteiger partial charge in [0.15, 0.2) is 0 Å². The van der Waals surface area contributed by atoms with Gasteiger partial charge in [0, 0.05) is 27.5 Å². The molecule has 0 aliphatic carbocycles. The van der Waals surface area contributed by atoms with Crippen molar-refractivity contribution in [3.63, 3.8) is 0 Å². The van der Waals surface area contributed by atoms with Gasteiger partial charge in [-0.05, 0) is 42.3 Å². The molecule has 0 saturated heterocycles. The lowest BCUT2D eigenvalue weighted by atomic mass is 10.1. The van der Waals surface area contributed by atoms with Crippen LogP contribution in [-0.2, 0) is 17.8 Å². The summed E-state index contributed by atoms with van der Waals surface area (Å²) in [6.45, 7) is 1.69. The van der Waals surface area contributed by atoms with Crippen LogP contribution in [0, 0.1) is 0 Å². The van der Waals surface area contributed by atoms with Crippen molar-refractivity contribution in [3.05, 3.63) is 74.2 Å². The average Bonchev–Trinajstić information content (AvgIpc) is 3.24. The summed E-state index contributed by atoms with van der Waals surface area (Å²) in [5.41, 5.74) is 3.77. The lowest BCUT2D eigenvalue weighted by molar-refractivity contribution is -0.116. The predicted molar refractivity (Wildman–Crippen MR) is 121 cm³/mol. The van der Waals surface area contributed by atoms with Gasteiger partial charge in [0.05, 0.1) is 5.69 Å². The number of allylic oxidation sites excluding steroid dienone is 1. The molecule has 1 amide bonds. The van der Waals surface area contributed by atoms with E-state index in [9.17, 15) is 14.7 Å². The van der Waals surface area contributed by atoms with Gasteiger partial charge in [-0.25, -0.2) is 4.79 Å². The van der Waals surface area contributed by atoms with E-state index in [1.54, 1.807) is 18.4 Å². The molecule has 1 aliphatic heterocycles. The Kier molecular flexibility index (Phi) is 5.41. The van der Waals surface area contributed by atoms with Gasteiger partial charge in [-0.1, -0.05) is 41.1 Å². The Morgan fingerprint density at radius 2 is 2.10 bits per heavy atom. The molecular formula is C22H19BrN4O3. The van der Waals surface area contributed by atoms with Crippen LogP contribution in [0.15, 0.2) is 56.7 Å². The molecule has 0 fully saturated rings. The number of para-hydroxylation sites is 1. The van der Waals surface area contributed by atoms with Gasteiger partial charge in [-0.15, -0.1) is 0 Å². The van der Waals surface area contributed by atoms with Crippen molar-refractivity contribution in [1.82, 2.24) is 9.55 Å². The number of aromatic hydroxyl groups is 1. The molecule has 7 nitrogen and oxygen atoms in total. The van der Waals surface area contributed by atoms with E-state index in [1.165, 1.54) is 0 Å². The maximum absolute atomic E-state index is 12.5. The number of fused-ring (bicyclic) bond motifs is 1. The monoisotopic (exact) mass is 466 g/mol. The number of nitrogens with one attached hydrogen (secondary N) is 2. The van der Waals surface area contributed by atoms with E-state index in [0.29, 0.717) is 5.69 Å². The number of imidazole rings is 1. The summed E-state index contributed by atoms with van der Waals surface area (Å²) in [6.07, 6.45) is 4.07. The first-order chi connectivity index (χ1) is 14.5. The van der Waals surface area contributed by atoms with Gasteiger partial charge in [-0.2, -0.15) is 0 Å². The topological polar surface area (TPSA) is 99.5 Å². The molecular weight excluding hydrogens is 448 g/mol. The Bertz CT molecular complexity index is 1250. The summed E-state index contributed by atoms with van der Waals surface area (Å²) in [4.78, 5) is 31.7. The first-order valence-corrected chi connectivity index (χ1v) is 10.2. The van der Waals surface area contributed by atoms with Crippen molar-refractivity contribution in [2.45, 2.75) is 19.9 Å². The average molecular weight is 467 g/mol. The van der Waals surface area contributed by atoms with Gasteiger partial charge in [0.1, 0.15) is 12.2 Å². The van der Waals surface area contributed by atoms with Crippen LogP contribution in [0.25, 0.3) is 11.6 Å². The van der Waals surface area contributed by atoms with E-state index in [0.717, 1.165) is 37.8 Å². The van der Waals surface area contributed by atoms with Gasteiger partial charge in [-0.3, -0.25) is 14.4 Å². The second-order valence-corrected chi connectivity index (χ2v) is 7.75. The highest BCUT2D eigenvalue weighted by Gasteiger charge is 2.18. The van der Waals surface area contributed by atoms with E-state index < -0.39 is 11.6 Å². The lowest BCUT2D eigenvalue weighted by Crippen LogP contribution is -2.26. The number of H-pyrrole nitrogens is 1. The van der Waals surface area contributed by atoms with Crippen molar-refractivity contribution < 1.29 is 9.90 Å². The molecule has 2 heterocycles. The van der Waals surface area contributed by atoms with E-state index >= 15 is 0 Å². The molecule has 0 spiro atoms.